The van der Waals surface area contributed by atoms with Crippen LogP contribution >= 0.6 is 0 Å². The van der Waals surface area contributed by atoms with E-state index < -0.39 is 17.0 Å². The number of benzene rings is 2. The number of hydrogen-bond donors (Lipinski definition) is 1. The Kier molecular flexibility index (Phi) is 4.81. The monoisotopic (exact) mass is 344 g/mol. The van der Waals surface area contributed by atoms with Crippen LogP contribution in [0.3, 0.4) is 0 Å². The molecule has 126 valence electrons. The van der Waals surface area contributed by atoms with Crippen LogP contribution in [0.5, 0.6) is 0 Å². The second kappa shape index (κ2) is 6.71. The molecular formula is C18H21BO4S. The van der Waals surface area contributed by atoms with Gasteiger partial charge >= 0.3 is 7.12 Å². The lowest BCUT2D eigenvalue weighted by atomic mass is 9.79. The Morgan fingerprint density at radius 2 is 2.00 bits per heavy atom. The van der Waals surface area contributed by atoms with Gasteiger partial charge in [0.05, 0.1) is 17.3 Å². The second-order valence-electron chi connectivity index (χ2n) is 6.32. The molecule has 2 aromatic carbocycles. The summed E-state index contributed by atoms with van der Waals surface area (Å²) in [4.78, 5) is 0.409. The molecule has 0 saturated heterocycles. The van der Waals surface area contributed by atoms with E-state index in [9.17, 15) is 13.4 Å². The molecule has 0 aliphatic carbocycles. The topological polar surface area (TPSA) is 63.6 Å². The fourth-order valence-electron chi connectivity index (χ4n) is 3.13. The number of rotatable bonds is 5. The first-order valence-corrected chi connectivity index (χ1v) is 9.79. The Morgan fingerprint density at radius 3 is 2.75 bits per heavy atom. The van der Waals surface area contributed by atoms with Crippen LogP contribution in [0.2, 0.25) is 0 Å². The van der Waals surface area contributed by atoms with Gasteiger partial charge in [0.1, 0.15) is 0 Å². The van der Waals surface area contributed by atoms with Gasteiger partial charge in [-0.1, -0.05) is 49.2 Å². The van der Waals surface area contributed by atoms with Crippen LogP contribution in [-0.4, -0.2) is 20.6 Å². The molecule has 1 heterocycles. The Hall–Kier alpha value is -1.63. The highest BCUT2D eigenvalue weighted by molar-refractivity contribution is 7.90. The average molecular weight is 344 g/mol. The molecule has 1 aliphatic heterocycles. The van der Waals surface area contributed by atoms with Gasteiger partial charge in [-0.15, -0.1) is 0 Å². The Bertz CT molecular complexity index is 861. The first-order chi connectivity index (χ1) is 11.4. The van der Waals surface area contributed by atoms with Gasteiger partial charge in [0.25, 0.3) is 0 Å². The lowest BCUT2D eigenvalue weighted by Gasteiger charge is -2.12. The summed E-state index contributed by atoms with van der Waals surface area (Å²) in [6.07, 6.45) is 1.64. The maximum Gasteiger partial charge on any atom is 0.491 e. The number of aryl methyl sites for hydroxylation is 2. The number of sulfone groups is 1. The molecule has 0 bridgehead atoms. The van der Waals surface area contributed by atoms with Crippen molar-refractivity contribution in [3.8, 4) is 0 Å². The van der Waals surface area contributed by atoms with Crippen LogP contribution < -0.4 is 5.46 Å². The van der Waals surface area contributed by atoms with Gasteiger partial charge in [0, 0.05) is 0 Å². The fourth-order valence-corrected chi connectivity index (χ4v) is 4.74. The van der Waals surface area contributed by atoms with Crippen molar-refractivity contribution in [3.63, 3.8) is 0 Å². The summed E-state index contributed by atoms with van der Waals surface area (Å²) in [5.74, 6) is -0.0766. The Morgan fingerprint density at radius 1 is 1.21 bits per heavy atom. The van der Waals surface area contributed by atoms with E-state index >= 15 is 0 Å². The molecule has 24 heavy (non-hydrogen) atoms. The largest absolute Gasteiger partial charge is 0.491 e. The minimum Gasteiger partial charge on any atom is -0.423 e. The summed E-state index contributed by atoms with van der Waals surface area (Å²) in [6, 6.07) is 10.9. The molecule has 0 spiro atoms. The Labute approximate surface area is 143 Å². The van der Waals surface area contributed by atoms with E-state index in [0.717, 1.165) is 29.5 Å². The van der Waals surface area contributed by atoms with E-state index in [0.29, 0.717) is 22.5 Å². The molecule has 0 atom stereocenters. The summed E-state index contributed by atoms with van der Waals surface area (Å²) in [6.45, 7) is 4.38. The molecule has 3 rings (SSSR count). The second-order valence-corrected chi connectivity index (χ2v) is 8.27. The van der Waals surface area contributed by atoms with E-state index in [4.69, 9.17) is 4.65 Å². The van der Waals surface area contributed by atoms with E-state index in [-0.39, 0.29) is 5.75 Å². The van der Waals surface area contributed by atoms with Gasteiger partial charge < -0.3 is 9.68 Å². The lowest BCUT2D eigenvalue weighted by molar-refractivity contribution is 0.275. The van der Waals surface area contributed by atoms with Crippen molar-refractivity contribution in [3.05, 3.63) is 58.7 Å². The van der Waals surface area contributed by atoms with Crippen molar-refractivity contribution in [2.45, 2.75) is 43.9 Å². The molecule has 1 aliphatic rings. The summed E-state index contributed by atoms with van der Waals surface area (Å²) in [7, 11) is -4.40. The molecule has 0 fully saturated rings. The zero-order chi connectivity index (χ0) is 17.3. The van der Waals surface area contributed by atoms with Crippen LogP contribution in [0, 0.1) is 6.92 Å². The van der Waals surface area contributed by atoms with Crippen LogP contribution in [-0.2, 0) is 33.3 Å². The van der Waals surface area contributed by atoms with Crippen LogP contribution in [0.25, 0.3) is 0 Å². The van der Waals surface area contributed by atoms with Gasteiger partial charge in [-0.3, -0.25) is 0 Å². The summed E-state index contributed by atoms with van der Waals surface area (Å²) >= 11 is 0. The predicted molar refractivity (Wildman–Crippen MR) is 94.9 cm³/mol. The molecule has 6 heteroatoms. The van der Waals surface area contributed by atoms with Crippen molar-refractivity contribution < 1.29 is 18.1 Å². The van der Waals surface area contributed by atoms with Crippen molar-refractivity contribution in [1.29, 1.82) is 0 Å². The zero-order valence-electron chi connectivity index (χ0n) is 14.0. The van der Waals surface area contributed by atoms with Crippen LogP contribution in [0.4, 0.5) is 0 Å². The summed E-state index contributed by atoms with van der Waals surface area (Å²) in [5.41, 5.74) is 4.18. The molecule has 2 aromatic rings. The standard InChI is InChI=1S/C18H21BO4S/c1-3-4-15-9-13(2)5-8-18(15)24(21,22)12-14-6-7-16-11-23-19(20)17(16)10-14/h5-10,20H,3-4,11-12H2,1-2H3. The van der Waals surface area contributed by atoms with Crippen LogP contribution in [0.15, 0.2) is 41.3 Å². The molecule has 0 radical (unpaired) electrons. The lowest BCUT2D eigenvalue weighted by Crippen LogP contribution is -2.28. The molecule has 0 saturated carbocycles. The van der Waals surface area contributed by atoms with Gasteiger partial charge in [-0.05, 0) is 41.6 Å². The first-order valence-electron chi connectivity index (χ1n) is 8.14. The molecule has 0 amide bonds. The van der Waals surface area contributed by atoms with E-state index in [1.807, 2.05) is 32.0 Å². The maximum atomic E-state index is 12.9. The van der Waals surface area contributed by atoms with Crippen molar-refractivity contribution in [2.75, 3.05) is 0 Å². The summed E-state index contributed by atoms with van der Waals surface area (Å²) in [5, 5.41) is 9.79. The van der Waals surface area contributed by atoms with Gasteiger partial charge in [0.2, 0.25) is 0 Å². The third kappa shape index (κ3) is 3.41. The maximum absolute atomic E-state index is 12.9. The smallest absolute Gasteiger partial charge is 0.423 e. The minimum absolute atomic E-state index is 0.0766. The third-order valence-electron chi connectivity index (χ3n) is 4.30. The highest BCUT2D eigenvalue weighted by Gasteiger charge is 2.28. The zero-order valence-corrected chi connectivity index (χ0v) is 14.8. The number of hydrogen-bond acceptors (Lipinski definition) is 4. The van der Waals surface area contributed by atoms with Gasteiger partial charge in [0.15, 0.2) is 9.84 Å². The Balaban J connectivity index is 1.94. The molecular weight excluding hydrogens is 323 g/mol. The SMILES string of the molecule is CCCc1cc(C)ccc1S(=O)(=O)Cc1ccc2c(c1)B(O)OC2. The van der Waals surface area contributed by atoms with Crippen molar-refractivity contribution >= 4 is 22.4 Å². The van der Waals surface area contributed by atoms with Gasteiger partial charge in [-0.2, -0.15) is 0 Å². The third-order valence-corrected chi connectivity index (χ3v) is 6.08. The van der Waals surface area contributed by atoms with E-state index in [1.165, 1.54) is 0 Å². The molecule has 4 nitrogen and oxygen atoms in total. The molecule has 0 unspecified atom stereocenters. The summed E-state index contributed by atoms with van der Waals surface area (Å²) < 4.78 is 31.0. The van der Waals surface area contributed by atoms with Crippen LogP contribution in [0.1, 0.15) is 35.6 Å². The minimum atomic E-state index is -3.44. The highest BCUT2D eigenvalue weighted by atomic mass is 32.2. The van der Waals surface area contributed by atoms with Crippen molar-refractivity contribution in [1.82, 2.24) is 0 Å². The quantitative estimate of drug-likeness (QED) is 0.844. The first kappa shape index (κ1) is 17.2. The predicted octanol–water partition coefficient (Wildman–Crippen LogP) is 2.14. The number of fused-ring (bicyclic) bond motifs is 1. The highest BCUT2D eigenvalue weighted by Crippen LogP contribution is 2.23. The normalized spacial score (nSPS) is 14.0. The van der Waals surface area contributed by atoms with E-state index in [1.54, 1.807) is 18.2 Å². The van der Waals surface area contributed by atoms with Gasteiger partial charge in [-0.25, -0.2) is 8.42 Å². The average Bonchev–Trinajstić information content (AvgIpc) is 2.88. The molecule has 0 aromatic heterocycles. The van der Waals surface area contributed by atoms with E-state index in [2.05, 4.69) is 0 Å². The molecule has 1 N–H and O–H groups in total. The fraction of sp³-hybridized carbons (Fsp3) is 0.333. The van der Waals surface area contributed by atoms with Crippen molar-refractivity contribution in [2.24, 2.45) is 0 Å².